The summed E-state index contributed by atoms with van der Waals surface area (Å²) in [5, 5.41) is 12.4. The Morgan fingerprint density at radius 2 is 2.00 bits per heavy atom. The monoisotopic (exact) mass is 385 g/mol. The number of nitrogens with one attached hydrogen (secondary N) is 1. The number of hydrogen-bond acceptors (Lipinski definition) is 6. The molecule has 0 bridgehead atoms. The molecule has 0 radical (unpaired) electrons. The van der Waals surface area contributed by atoms with Crippen LogP contribution in [0.4, 0.5) is 0 Å². The Kier molecular flexibility index (Phi) is 5.52. The first-order valence-electron chi connectivity index (χ1n) is 9.72. The molecule has 3 aromatic rings. The lowest BCUT2D eigenvalue weighted by atomic mass is 10.1. The summed E-state index contributed by atoms with van der Waals surface area (Å²) in [6.07, 6.45) is 5.21. The summed E-state index contributed by atoms with van der Waals surface area (Å²) in [5.74, 6) is 2.06. The Morgan fingerprint density at radius 3 is 2.68 bits per heavy atom. The second-order valence-electron chi connectivity index (χ2n) is 7.04. The van der Waals surface area contributed by atoms with Crippen LogP contribution >= 0.6 is 0 Å². The second-order valence-corrected chi connectivity index (χ2v) is 7.04. The van der Waals surface area contributed by atoms with E-state index in [4.69, 9.17) is 8.83 Å². The molecular weight excluding hydrogens is 360 g/mol. The summed E-state index contributed by atoms with van der Waals surface area (Å²) >= 11 is 0. The quantitative estimate of drug-likeness (QED) is 0.646. The highest BCUT2D eigenvalue weighted by Crippen LogP contribution is 2.15. The van der Waals surface area contributed by atoms with Crippen LogP contribution in [-0.2, 0) is 6.54 Å². The summed E-state index contributed by atoms with van der Waals surface area (Å²) in [4.78, 5) is 15.8. The van der Waals surface area contributed by atoms with E-state index in [0.717, 1.165) is 37.5 Å². The molecule has 0 spiro atoms. The number of furan rings is 2. The van der Waals surface area contributed by atoms with E-state index >= 15 is 0 Å². The van der Waals surface area contributed by atoms with Crippen molar-refractivity contribution in [2.24, 2.45) is 0 Å². The molecule has 1 aliphatic rings. The molecule has 1 amide bonds. The predicted octanol–water partition coefficient (Wildman–Crippen LogP) is 0.790. The number of aromatic nitrogens is 4. The highest BCUT2D eigenvalue weighted by atomic mass is 16.3. The first-order chi connectivity index (χ1) is 13.8. The third kappa shape index (κ3) is 3.84. The molecule has 1 fully saturated rings. The van der Waals surface area contributed by atoms with Crippen molar-refractivity contribution in [3.05, 3.63) is 54.1 Å². The van der Waals surface area contributed by atoms with Gasteiger partial charge in [-0.3, -0.25) is 4.79 Å². The Morgan fingerprint density at radius 1 is 1.21 bits per heavy atom. The summed E-state index contributed by atoms with van der Waals surface area (Å²) in [7, 11) is 0. The van der Waals surface area contributed by atoms with Crippen molar-refractivity contribution in [2.45, 2.75) is 32.4 Å². The van der Waals surface area contributed by atoms with Crippen LogP contribution in [0.2, 0.25) is 0 Å². The van der Waals surface area contributed by atoms with Gasteiger partial charge in [0, 0.05) is 6.42 Å². The molecule has 1 aliphatic heterocycles. The van der Waals surface area contributed by atoms with Crippen molar-refractivity contribution in [1.29, 1.82) is 0 Å². The Hall–Kier alpha value is -2.94. The number of tetrazole rings is 1. The van der Waals surface area contributed by atoms with E-state index in [1.807, 2.05) is 21.7 Å². The number of hydrogen-bond donors (Lipinski definition) is 1. The molecule has 0 aromatic carbocycles. The maximum Gasteiger partial charge on any atom is 0.289 e. The van der Waals surface area contributed by atoms with E-state index in [0.29, 0.717) is 25.4 Å². The molecule has 0 saturated carbocycles. The molecule has 0 aliphatic carbocycles. The molecule has 0 unspecified atom stereocenters. The van der Waals surface area contributed by atoms with Crippen molar-refractivity contribution in [1.82, 2.24) is 25.1 Å². The third-order valence-electron chi connectivity index (χ3n) is 5.25. The predicted molar refractivity (Wildman–Crippen MR) is 98.6 cm³/mol. The highest BCUT2D eigenvalue weighted by Gasteiger charge is 2.34. The summed E-state index contributed by atoms with van der Waals surface area (Å²) < 4.78 is 12.5. The number of amides is 1. The Labute approximate surface area is 162 Å². The highest BCUT2D eigenvalue weighted by molar-refractivity contribution is 5.91. The van der Waals surface area contributed by atoms with Gasteiger partial charge in [-0.1, -0.05) is 13.3 Å². The van der Waals surface area contributed by atoms with Gasteiger partial charge in [0.15, 0.2) is 5.76 Å². The van der Waals surface area contributed by atoms with Crippen molar-refractivity contribution in [3.63, 3.8) is 0 Å². The number of carbonyl (C=O) groups excluding carboxylic acids is 1. The van der Waals surface area contributed by atoms with Crippen molar-refractivity contribution >= 4 is 5.91 Å². The minimum Gasteiger partial charge on any atom is -0.467 e. The molecule has 4 heterocycles. The molecule has 1 atom stereocenters. The fraction of sp³-hybridized carbons (Fsp3) is 0.474. The Balaban J connectivity index is 1.45. The van der Waals surface area contributed by atoms with E-state index in [1.54, 1.807) is 18.4 Å². The van der Waals surface area contributed by atoms with Crippen LogP contribution in [0.5, 0.6) is 0 Å². The van der Waals surface area contributed by atoms with Gasteiger partial charge in [0.2, 0.25) is 5.82 Å². The minimum absolute atomic E-state index is 0.0428. The van der Waals surface area contributed by atoms with Gasteiger partial charge in [0.25, 0.3) is 5.91 Å². The van der Waals surface area contributed by atoms with Gasteiger partial charge in [0.1, 0.15) is 18.3 Å². The largest absolute Gasteiger partial charge is 0.467 e. The third-order valence-corrected chi connectivity index (χ3v) is 5.25. The number of quaternary nitrogens is 1. The molecule has 9 nitrogen and oxygen atoms in total. The molecule has 1 saturated heterocycles. The molecular formula is C19H25N6O3+. The van der Waals surface area contributed by atoms with Crippen molar-refractivity contribution < 1.29 is 18.5 Å². The zero-order chi connectivity index (χ0) is 19.3. The van der Waals surface area contributed by atoms with E-state index in [1.165, 1.54) is 11.2 Å². The fourth-order valence-electron chi connectivity index (χ4n) is 3.83. The Bertz CT molecular complexity index is 866. The number of piperazine rings is 1. The van der Waals surface area contributed by atoms with Crippen LogP contribution in [0, 0.1) is 0 Å². The average molecular weight is 385 g/mol. The lowest BCUT2D eigenvalue weighted by Gasteiger charge is -2.35. The SMILES string of the molecule is CCC[C@H](c1nnnn1Cc1ccco1)[NH+]1CCN(C(=O)c2ccco2)CC1. The lowest BCUT2D eigenvalue weighted by Crippen LogP contribution is -3.15. The van der Waals surface area contributed by atoms with Gasteiger partial charge in [-0.2, -0.15) is 0 Å². The van der Waals surface area contributed by atoms with Gasteiger partial charge >= 0.3 is 0 Å². The fourth-order valence-corrected chi connectivity index (χ4v) is 3.83. The van der Waals surface area contributed by atoms with Crippen molar-refractivity contribution in [2.75, 3.05) is 26.2 Å². The summed E-state index contributed by atoms with van der Waals surface area (Å²) in [6, 6.07) is 7.43. The zero-order valence-electron chi connectivity index (χ0n) is 16.0. The molecule has 148 valence electrons. The van der Waals surface area contributed by atoms with E-state index in [-0.39, 0.29) is 11.9 Å². The normalized spacial score (nSPS) is 16.4. The van der Waals surface area contributed by atoms with Crippen LogP contribution in [0.1, 0.15) is 47.9 Å². The minimum atomic E-state index is -0.0428. The summed E-state index contributed by atoms with van der Waals surface area (Å²) in [5.41, 5.74) is 0. The van der Waals surface area contributed by atoms with Gasteiger partial charge in [-0.25, -0.2) is 4.68 Å². The van der Waals surface area contributed by atoms with E-state index < -0.39 is 0 Å². The van der Waals surface area contributed by atoms with Gasteiger partial charge in [0.05, 0.1) is 38.7 Å². The number of carbonyl (C=O) groups is 1. The first kappa shape index (κ1) is 18.4. The smallest absolute Gasteiger partial charge is 0.289 e. The maximum absolute atomic E-state index is 12.5. The summed E-state index contributed by atoms with van der Waals surface area (Å²) in [6.45, 7) is 5.77. The molecule has 4 rings (SSSR count). The molecule has 3 aromatic heterocycles. The van der Waals surface area contributed by atoms with E-state index in [2.05, 4.69) is 22.4 Å². The molecule has 28 heavy (non-hydrogen) atoms. The molecule has 9 heteroatoms. The topological polar surface area (TPSA) is 94.6 Å². The van der Waals surface area contributed by atoms with E-state index in [9.17, 15) is 4.79 Å². The van der Waals surface area contributed by atoms with Crippen LogP contribution < -0.4 is 4.90 Å². The standard InChI is InChI=1S/C19H24N6O3/c1-2-5-16(18-20-21-22-25(18)14-15-6-3-12-27-15)23-8-10-24(11-9-23)19(26)17-7-4-13-28-17/h3-4,6-7,12-13,16H,2,5,8-11,14H2,1H3/p+1/t16-/m1/s1. The molecule has 1 N–H and O–H groups in total. The van der Waals surface area contributed by atoms with Gasteiger partial charge in [-0.15, -0.1) is 5.10 Å². The number of rotatable bonds is 7. The zero-order valence-corrected chi connectivity index (χ0v) is 16.0. The van der Waals surface area contributed by atoms with Crippen LogP contribution in [-0.4, -0.2) is 57.2 Å². The van der Waals surface area contributed by atoms with Gasteiger partial charge < -0.3 is 18.6 Å². The second kappa shape index (κ2) is 8.39. The van der Waals surface area contributed by atoms with Crippen LogP contribution in [0.15, 0.2) is 45.6 Å². The van der Waals surface area contributed by atoms with Gasteiger partial charge in [-0.05, 0) is 34.7 Å². The average Bonchev–Trinajstić information content (AvgIpc) is 3.49. The van der Waals surface area contributed by atoms with Crippen molar-refractivity contribution in [3.8, 4) is 0 Å². The maximum atomic E-state index is 12.5. The first-order valence-corrected chi connectivity index (χ1v) is 9.72. The number of nitrogens with zero attached hydrogens (tertiary/aromatic N) is 5. The van der Waals surface area contributed by atoms with Crippen LogP contribution in [0.3, 0.4) is 0 Å². The van der Waals surface area contributed by atoms with Crippen LogP contribution in [0.25, 0.3) is 0 Å². The lowest BCUT2D eigenvalue weighted by molar-refractivity contribution is -0.936.